The third-order valence-corrected chi connectivity index (χ3v) is 3.98. The predicted octanol–water partition coefficient (Wildman–Crippen LogP) is 2.67. The van der Waals surface area contributed by atoms with Crippen LogP contribution in [0.3, 0.4) is 0 Å². The van der Waals surface area contributed by atoms with Crippen LogP contribution in [0.4, 0.5) is 0 Å². The van der Waals surface area contributed by atoms with Gasteiger partial charge in [-0.2, -0.15) is 0 Å². The third-order valence-electron chi connectivity index (χ3n) is 3.68. The highest BCUT2D eigenvalue weighted by molar-refractivity contribution is 7.80. The lowest BCUT2D eigenvalue weighted by molar-refractivity contribution is -0.124. The summed E-state index contributed by atoms with van der Waals surface area (Å²) in [5.41, 5.74) is 0.505. The molecule has 1 aliphatic heterocycles. The van der Waals surface area contributed by atoms with Crippen LogP contribution in [0.2, 0.25) is 0 Å². The highest BCUT2D eigenvalue weighted by Gasteiger charge is 2.36. The van der Waals surface area contributed by atoms with E-state index in [0.29, 0.717) is 16.6 Å². The van der Waals surface area contributed by atoms with Gasteiger partial charge in [0.05, 0.1) is 6.26 Å². The van der Waals surface area contributed by atoms with Gasteiger partial charge in [0.25, 0.3) is 5.91 Å². The average Bonchev–Trinajstić information content (AvgIpc) is 3.01. The molecule has 1 saturated heterocycles. The quantitative estimate of drug-likeness (QED) is 0.666. The molecule has 100 valence electrons. The molecule has 2 heterocycles. The van der Waals surface area contributed by atoms with E-state index in [1.807, 2.05) is 6.07 Å². The zero-order chi connectivity index (χ0) is 13.2. The Balaban J connectivity index is 1.80. The highest BCUT2D eigenvalue weighted by Crippen LogP contribution is 2.26. The van der Waals surface area contributed by atoms with Crippen LogP contribution >= 0.6 is 12.2 Å². The fraction of sp³-hybridized carbons (Fsp3) is 0.429. The van der Waals surface area contributed by atoms with E-state index in [9.17, 15) is 4.79 Å². The second-order valence-corrected chi connectivity index (χ2v) is 5.36. The number of carbonyl (C=O) groups is 1. The summed E-state index contributed by atoms with van der Waals surface area (Å²) in [4.78, 5) is 14.1. The molecule has 0 spiro atoms. The zero-order valence-electron chi connectivity index (χ0n) is 10.6. The van der Waals surface area contributed by atoms with E-state index < -0.39 is 0 Å². The summed E-state index contributed by atoms with van der Waals surface area (Å²) in [6, 6.07) is 3.86. The second kappa shape index (κ2) is 5.17. The minimum atomic E-state index is -0.0340. The first-order valence-electron chi connectivity index (χ1n) is 6.65. The van der Waals surface area contributed by atoms with Crippen LogP contribution in [0.15, 0.2) is 28.5 Å². The molecular weight excluding hydrogens is 260 g/mol. The second-order valence-electron chi connectivity index (χ2n) is 4.97. The molecule has 1 aliphatic carbocycles. The molecule has 1 saturated carbocycles. The number of rotatable bonds is 2. The number of nitrogens with one attached hydrogen (secondary N) is 1. The Labute approximate surface area is 117 Å². The van der Waals surface area contributed by atoms with Crippen LogP contribution in [0, 0.1) is 0 Å². The van der Waals surface area contributed by atoms with E-state index in [0.717, 1.165) is 12.8 Å². The molecule has 0 unspecified atom stereocenters. The van der Waals surface area contributed by atoms with Crippen molar-refractivity contribution in [3.8, 4) is 0 Å². The van der Waals surface area contributed by atoms with Crippen LogP contribution in [-0.4, -0.2) is 22.0 Å². The maximum absolute atomic E-state index is 12.4. The number of thiocarbonyl (C=S) groups is 1. The van der Waals surface area contributed by atoms with E-state index in [1.54, 1.807) is 23.3 Å². The molecule has 0 aromatic carbocycles. The van der Waals surface area contributed by atoms with Crippen molar-refractivity contribution >= 4 is 29.3 Å². The van der Waals surface area contributed by atoms with Gasteiger partial charge in [-0.3, -0.25) is 9.69 Å². The number of nitrogens with zero attached hydrogens (tertiary/aromatic N) is 1. The molecule has 5 heteroatoms. The lowest BCUT2D eigenvalue weighted by Crippen LogP contribution is -2.41. The lowest BCUT2D eigenvalue weighted by Gasteiger charge is -2.29. The number of carbonyl (C=O) groups excluding carboxylic acids is 1. The highest BCUT2D eigenvalue weighted by atomic mass is 32.1. The van der Waals surface area contributed by atoms with Gasteiger partial charge in [0.2, 0.25) is 0 Å². The molecule has 2 aliphatic rings. The van der Waals surface area contributed by atoms with E-state index in [2.05, 4.69) is 5.32 Å². The van der Waals surface area contributed by atoms with Gasteiger partial charge in [0, 0.05) is 12.1 Å². The fourth-order valence-electron chi connectivity index (χ4n) is 2.74. The van der Waals surface area contributed by atoms with Gasteiger partial charge in [-0.25, -0.2) is 0 Å². The molecule has 2 fully saturated rings. The Hall–Kier alpha value is -1.62. The zero-order valence-corrected chi connectivity index (χ0v) is 11.4. The van der Waals surface area contributed by atoms with Crippen molar-refractivity contribution in [1.82, 2.24) is 10.2 Å². The number of hydrogen-bond acceptors (Lipinski definition) is 3. The first-order valence-corrected chi connectivity index (χ1v) is 7.06. The first-order chi connectivity index (χ1) is 9.25. The normalized spacial score (nSPS) is 23.2. The molecule has 1 aromatic rings. The Morgan fingerprint density at radius 2 is 2.16 bits per heavy atom. The van der Waals surface area contributed by atoms with Crippen LogP contribution in [-0.2, 0) is 4.79 Å². The molecule has 1 amide bonds. The number of hydrogen-bond donors (Lipinski definition) is 1. The standard InChI is InChI=1S/C14H16N2O2S/c17-13-12(9-11-7-4-8-18-11)15-14(19)16(13)10-5-2-1-3-6-10/h4,7-10H,1-3,5-6H2,(H,15,19). The Morgan fingerprint density at radius 3 is 2.84 bits per heavy atom. The van der Waals surface area contributed by atoms with E-state index in [1.165, 1.54) is 19.3 Å². The van der Waals surface area contributed by atoms with Crippen molar-refractivity contribution in [1.29, 1.82) is 0 Å². The summed E-state index contributed by atoms with van der Waals surface area (Å²) >= 11 is 5.29. The number of furan rings is 1. The third kappa shape index (κ3) is 2.42. The minimum absolute atomic E-state index is 0.0340. The van der Waals surface area contributed by atoms with Gasteiger partial charge in [-0.15, -0.1) is 0 Å². The topological polar surface area (TPSA) is 45.5 Å². The fourth-order valence-corrected chi connectivity index (χ4v) is 3.08. The maximum atomic E-state index is 12.4. The average molecular weight is 276 g/mol. The van der Waals surface area contributed by atoms with Crippen molar-refractivity contribution in [2.24, 2.45) is 0 Å². The largest absolute Gasteiger partial charge is 0.465 e. The van der Waals surface area contributed by atoms with Crippen LogP contribution in [0.5, 0.6) is 0 Å². The molecule has 0 radical (unpaired) electrons. The molecule has 0 bridgehead atoms. The predicted molar refractivity (Wildman–Crippen MR) is 76.1 cm³/mol. The smallest absolute Gasteiger partial charge is 0.276 e. The SMILES string of the molecule is O=C1C(=Cc2ccco2)NC(=S)N1C1CCCCC1. The molecule has 3 rings (SSSR count). The van der Waals surface area contributed by atoms with Gasteiger partial charge >= 0.3 is 0 Å². The van der Waals surface area contributed by atoms with Crippen LogP contribution in [0.25, 0.3) is 6.08 Å². The monoisotopic (exact) mass is 276 g/mol. The summed E-state index contributed by atoms with van der Waals surface area (Å²) in [6.07, 6.45) is 8.99. The van der Waals surface area contributed by atoms with Crippen molar-refractivity contribution in [3.63, 3.8) is 0 Å². The van der Waals surface area contributed by atoms with E-state index in [4.69, 9.17) is 16.6 Å². The van der Waals surface area contributed by atoms with Gasteiger partial charge in [0.1, 0.15) is 11.5 Å². The van der Waals surface area contributed by atoms with Gasteiger partial charge in [0.15, 0.2) is 5.11 Å². The van der Waals surface area contributed by atoms with E-state index >= 15 is 0 Å². The molecule has 19 heavy (non-hydrogen) atoms. The Morgan fingerprint density at radius 1 is 1.37 bits per heavy atom. The van der Waals surface area contributed by atoms with Gasteiger partial charge < -0.3 is 9.73 Å². The van der Waals surface area contributed by atoms with Crippen molar-refractivity contribution in [2.45, 2.75) is 38.1 Å². The molecule has 0 atom stereocenters. The molecule has 1 N–H and O–H groups in total. The molecular formula is C14H16N2O2S. The van der Waals surface area contributed by atoms with Crippen molar-refractivity contribution < 1.29 is 9.21 Å². The van der Waals surface area contributed by atoms with Crippen molar-refractivity contribution in [2.75, 3.05) is 0 Å². The number of amides is 1. The van der Waals surface area contributed by atoms with Gasteiger partial charge in [-0.1, -0.05) is 19.3 Å². The Kier molecular flexibility index (Phi) is 3.38. The van der Waals surface area contributed by atoms with Crippen molar-refractivity contribution in [3.05, 3.63) is 29.9 Å². The summed E-state index contributed by atoms with van der Waals surface area (Å²) in [5.74, 6) is 0.623. The van der Waals surface area contributed by atoms with Crippen LogP contribution < -0.4 is 5.32 Å². The summed E-state index contributed by atoms with van der Waals surface area (Å²) in [5, 5.41) is 3.52. The van der Waals surface area contributed by atoms with Gasteiger partial charge in [-0.05, 0) is 37.2 Å². The van der Waals surface area contributed by atoms with E-state index in [-0.39, 0.29) is 11.9 Å². The Bertz CT molecular complexity index is 516. The van der Waals surface area contributed by atoms with Crippen LogP contribution in [0.1, 0.15) is 37.9 Å². The molecule has 4 nitrogen and oxygen atoms in total. The summed E-state index contributed by atoms with van der Waals surface area (Å²) in [6.45, 7) is 0. The maximum Gasteiger partial charge on any atom is 0.276 e. The lowest BCUT2D eigenvalue weighted by atomic mass is 9.94. The minimum Gasteiger partial charge on any atom is -0.465 e. The summed E-state index contributed by atoms with van der Waals surface area (Å²) < 4.78 is 5.23. The first kappa shape index (κ1) is 12.4. The molecule has 1 aromatic heterocycles. The summed E-state index contributed by atoms with van der Waals surface area (Å²) in [7, 11) is 0.